The molecular weight excluding hydrogens is 568 g/mol. The van der Waals surface area contributed by atoms with Crippen molar-refractivity contribution in [1.29, 1.82) is 0 Å². The molecule has 12 heteroatoms. The molecule has 11 nitrogen and oxygen atoms in total. The van der Waals surface area contributed by atoms with Crippen molar-refractivity contribution in [2.45, 2.75) is 11.4 Å². The minimum atomic E-state index is -3.52. The molecule has 5 aromatic rings. The number of nitrogens with one attached hydrogen (secondary N) is 1. The summed E-state index contributed by atoms with van der Waals surface area (Å²) in [7, 11) is -1.88. The first-order chi connectivity index (χ1) is 20.7. The molecule has 6 rings (SSSR count). The van der Waals surface area contributed by atoms with Crippen molar-refractivity contribution in [3.05, 3.63) is 95.6 Å². The number of imidazole rings is 1. The fourth-order valence-electron chi connectivity index (χ4n) is 5.38. The molecule has 1 fully saturated rings. The van der Waals surface area contributed by atoms with Gasteiger partial charge in [-0.3, -0.25) is 14.5 Å². The topological polar surface area (TPSA) is 123 Å². The fraction of sp³-hybridized carbons (Fsp3) is 0.258. The Morgan fingerprint density at radius 1 is 1.02 bits per heavy atom. The number of hydrogen-bond acceptors (Lipinski definition) is 7. The van der Waals surface area contributed by atoms with Gasteiger partial charge in [-0.2, -0.15) is 0 Å². The Kier molecular flexibility index (Phi) is 7.63. The van der Waals surface area contributed by atoms with Gasteiger partial charge in [0, 0.05) is 99.4 Å². The van der Waals surface area contributed by atoms with Crippen molar-refractivity contribution in [3.8, 4) is 22.6 Å². The largest absolute Gasteiger partial charge is 0.457 e. The second-order valence-electron chi connectivity index (χ2n) is 10.7. The lowest BCUT2D eigenvalue weighted by molar-refractivity contribution is 0.0633. The van der Waals surface area contributed by atoms with E-state index in [1.807, 2.05) is 15.7 Å². The second-order valence-corrected chi connectivity index (χ2v) is 12.7. The zero-order valence-electron chi connectivity index (χ0n) is 23.9. The number of benzene rings is 2. The van der Waals surface area contributed by atoms with Crippen molar-refractivity contribution in [2.24, 2.45) is 7.05 Å². The Morgan fingerprint density at radius 2 is 1.84 bits per heavy atom. The van der Waals surface area contributed by atoms with Crippen molar-refractivity contribution < 1.29 is 17.9 Å². The number of amides is 1. The number of aryl methyl sites for hydroxylation is 1. The molecule has 0 unspecified atom stereocenters. The number of ether oxygens (including phenoxy) is 1. The van der Waals surface area contributed by atoms with E-state index in [-0.39, 0.29) is 16.4 Å². The number of aromatic nitrogens is 4. The summed E-state index contributed by atoms with van der Waals surface area (Å²) >= 11 is 0. The Morgan fingerprint density at radius 3 is 2.58 bits per heavy atom. The molecule has 0 saturated carbocycles. The van der Waals surface area contributed by atoms with Gasteiger partial charge in [0.25, 0.3) is 11.5 Å². The quantitative estimate of drug-likeness (QED) is 0.290. The summed E-state index contributed by atoms with van der Waals surface area (Å²) in [5, 5.41) is 0.645. The van der Waals surface area contributed by atoms with Crippen LogP contribution in [0.1, 0.15) is 10.4 Å². The number of hydrogen-bond donors (Lipinski definition) is 1. The number of sulfone groups is 1. The highest BCUT2D eigenvalue weighted by molar-refractivity contribution is 7.90. The molecule has 0 bridgehead atoms. The van der Waals surface area contributed by atoms with Gasteiger partial charge in [-0.05, 0) is 42.5 Å². The van der Waals surface area contributed by atoms with Gasteiger partial charge in [0.05, 0.1) is 11.2 Å². The third-order valence-electron chi connectivity index (χ3n) is 7.77. The first-order valence-corrected chi connectivity index (χ1v) is 15.8. The van der Waals surface area contributed by atoms with E-state index in [1.165, 1.54) is 10.6 Å². The zero-order chi connectivity index (χ0) is 30.1. The Bertz CT molecular complexity index is 1950. The highest BCUT2D eigenvalue weighted by atomic mass is 32.2. The van der Waals surface area contributed by atoms with Crippen LogP contribution in [0.4, 0.5) is 0 Å². The number of fused-ring (bicyclic) bond motifs is 1. The summed E-state index contributed by atoms with van der Waals surface area (Å²) in [4.78, 5) is 37.5. The van der Waals surface area contributed by atoms with E-state index in [9.17, 15) is 18.0 Å². The summed E-state index contributed by atoms with van der Waals surface area (Å²) in [5.74, 6) is 0.761. The normalized spacial score (nSPS) is 14.3. The first kappa shape index (κ1) is 28.4. The molecule has 0 atom stereocenters. The SMILES string of the molecule is Cn1cc(-c2cc(S(C)(=O)=O)ccc2Oc2cccc(C(=O)N3CCN(CCn4ccnc4)CC3)c2)c2cc[nH]c2c1=O. The molecule has 0 spiro atoms. The van der Waals surface area contributed by atoms with Crippen LogP contribution >= 0.6 is 0 Å². The maximum absolute atomic E-state index is 13.4. The van der Waals surface area contributed by atoms with Crippen molar-refractivity contribution in [3.63, 3.8) is 0 Å². The smallest absolute Gasteiger partial charge is 0.274 e. The van der Waals surface area contributed by atoms with Gasteiger partial charge in [-0.1, -0.05) is 6.07 Å². The Labute approximate surface area is 248 Å². The number of rotatable bonds is 8. The first-order valence-electron chi connectivity index (χ1n) is 13.9. The number of nitrogens with zero attached hydrogens (tertiary/aromatic N) is 5. The Balaban J connectivity index is 1.24. The van der Waals surface area contributed by atoms with Crippen LogP contribution in [0.2, 0.25) is 0 Å². The number of piperazine rings is 1. The summed E-state index contributed by atoms with van der Waals surface area (Å²) in [6.07, 6.45) is 10.0. The molecule has 222 valence electrons. The fourth-order valence-corrected chi connectivity index (χ4v) is 6.02. The van der Waals surface area contributed by atoms with Crippen LogP contribution in [0.15, 0.2) is 89.3 Å². The van der Waals surface area contributed by atoms with Crippen molar-refractivity contribution in [2.75, 3.05) is 39.0 Å². The van der Waals surface area contributed by atoms with Gasteiger partial charge in [-0.25, -0.2) is 13.4 Å². The average Bonchev–Trinajstić information content (AvgIpc) is 3.71. The molecule has 1 aliphatic heterocycles. The lowest BCUT2D eigenvalue weighted by atomic mass is 10.0. The second kappa shape index (κ2) is 11.5. The van der Waals surface area contributed by atoms with Crippen LogP contribution in [-0.2, 0) is 23.4 Å². The lowest BCUT2D eigenvalue weighted by Gasteiger charge is -2.34. The minimum Gasteiger partial charge on any atom is -0.457 e. The number of pyridine rings is 1. The van der Waals surface area contributed by atoms with Crippen LogP contribution < -0.4 is 10.3 Å². The molecule has 0 aliphatic carbocycles. The van der Waals surface area contributed by atoms with Gasteiger partial charge in [0.1, 0.15) is 17.0 Å². The Hall–Kier alpha value is -4.68. The number of H-pyrrole nitrogens is 1. The van der Waals surface area contributed by atoms with Crippen LogP contribution in [-0.4, -0.2) is 82.2 Å². The van der Waals surface area contributed by atoms with Crippen LogP contribution in [0.3, 0.4) is 0 Å². The van der Waals surface area contributed by atoms with E-state index < -0.39 is 9.84 Å². The van der Waals surface area contributed by atoms with Gasteiger partial charge in [-0.15, -0.1) is 0 Å². The van der Waals surface area contributed by atoms with Crippen molar-refractivity contribution in [1.82, 2.24) is 28.9 Å². The summed E-state index contributed by atoms with van der Waals surface area (Å²) in [5.41, 5.74) is 1.86. The van der Waals surface area contributed by atoms with Crippen LogP contribution in [0, 0.1) is 0 Å². The molecule has 1 aliphatic rings. The molecule has 0 radical (unpaired) electrons. The highest BCUT2D eigenvalue weighted by Crippen LogP contribution is 2.38. The van der Waals surface area contributed by atoms with E-state index in [4.69, 9.17) is 4.74 Å². The zero-order valence-corrected chi connectivity index (χ0v) is 24.8. The molecular formula is C31H32N6O5S. The van der Waals surface area contributed by atoms with Crippen LogP contribution in [0.25, 0.3) is 22.0 Å². The number of carbonyl (C=O) groups is 1. The molecule has 3 aromatic heterocycles. The maximum Gasteiger partial charge on any atom is 0.274 e. The van der Waals surface area contributed by atoms with Gasteiger partial charge >= 0.3 is 0 Å². The van der Waals surface area contributed by atoms with E-state index >= 15 is 0 Å². The van der Waals surface area contributed by atoms with E-state index in [2.05, 4.69) is 14.9 Å². The van der Waals surface area contributed by atoms with Crippen LogP contribution in [0.5, 0.6) is 11.5 Å². The summed E-state index contributed by atoms with van der Waals surface area (Å²) in [6, 6.07) is 13.4. The number of carbonyl (C=O) groups excluding carboxylic acids is 1. The van der Waals surface area contributed by atoms with E-state index in [0.717, 1.165) is 32.4 Å². The maximum atomic E-state index is 13.4. The van der Waals surface area contributed by atoms with Gasteiger partial charge in [0.15, 0.2) is 9.84 Å². The van der Waals surface area contributed by atoms with Gasteiger partial charge < -0.3 is 23.8 Å². The monoisotopic (exact) mass is 600 g/mol. The molecule has 4 heterocycles. The van der Waals surface area contributed by atoms with E-state index in [1.54, 1.807) is 74.4 Å². The highest BCUT2D eigenvalue weighted by Gasteiger charge is 2.23. The molecule has 1 N–H and O–H groups in total. The van der Waals surface area contributed by atoms with E-state index in [0.29, 0.717) is 52.2 Å². The predicted molar refractivity (Wildman–Crippen MR) is 163 cm³/mol. The predicted octanol–water partition coefficient (Wildman–Crippen LogP) is 3.38. The molecule has 2 aromatic carbocycles. The van der Waals surface area contributed by atoms with Crippen molar-refractivity contribution >= 4 is 26.6 Å². The average molecular weight is 601 g/mol. The summed E-state index contributed by atoms with van der Waals surface area (Å²) in [6.45, 7) is 4.59. The third-order valence-corrected chi connectivity index (χ3v) is 8.88. The standard InChI is InChI=1S/C31H32N6O5S/c1-34-20-27(25-8-9-33-29(25)31(34)39)26-19-24(43(2,40)41)6-7-28(26)42-23-5-3-4-22(18-23)30(38)37-16-14-35(15-17-37)12-13-36-11-10-32-21-36/h3-11,18-21,33H,12-17H2,1-2H3. The molecule has 1 saturated heterocycles. The van der Waals surface area contributed by atoms with Gasteiger partial charge in [0.2, 0.25) is 0 Å². The summed E-state index contributed by atoms with van der Waals surface area (Å²) < 4.78 is 34.7. The molecule has 1 amide bonds. The third kappa shape index (κ3) is 5.97. The molecule has 43 heavy (non-hydrogen) atoms. The lowest BCUT2D eigenvalue weighted by Crippen LogP contribution is -2.49. The minimum absolute atomic E-state index is 0.0700. The number of aromatic amines is 1.